The van der Waals surface area contributed by atoms with Gasteiger partial charge in [-0.1, -0.05) is 35.9 Å². The summed E-state index contributed by atoms with van der Waals surface area (Å²) in [5.41, 5.74) is 4.57. The van der Waals surface area contributed by atoms with E-state index in [-0.39, 0.29) is 11.7 Å². The van der Waals surface area contributed by atoms with Gasteiger partial charge in [0.1, 0.15) is 0 Å². The average molecular weight is 380 g/mol. The highest BCUT2D eigenvalue weighted by Crippen LogP contribution is 2.36. The zero-order chi connectivity index (χ0) is 20.1. The highest BCUT2D eigenvalue weighted by molar-refractivity contribution is 5.76. The third kappa shape index (κ3) is 3.19. The van der Waals surface area contributed by atoms with Crippen molar-refractivity contribution in [1.29, 1.82) is 0 Å². The highest BCUT2D eigenvalue weighted by atomic mass is 16.3. The highest BCUT2D eigenvalue weighted by Gasteiger charge is 2.37. The van der Waals surface area contributed by atoms with Gasteiger partial charge in [0.15, 0.2) is 0 Å². The molecule has 1 aromatic heterocycles. The van der Waals surface area contributed by atoms with E-state index in [1.807, 2.05) is 32.3 Å². The van der Waals surface area contributed by atoms with Crippen molar-refractivity contribution in [2.75, 3.05) is 6.54 Å². The van der Waals surface area contributed by atoms with Gasteiger partial charge in [-0.3, -0.25) is 14.0 Å². The maximum Gasteiger partial charge on any atom is 0.328 e. The van der Waals surface area contributed by atoms with Gasteiger partial charge in [0, 0.05) is 33.2 Å². The maximum absolute atomic E-state index is 12.2. The van der Waals surface area contributed by atoms with E-state index in [0.717, 1.165) is 42.5 Å². The molecule has 3 aromatic rings. The van der Waals surface area contributed by atoms with Gasteiger partial charge in [-0.05, 0) is 49.9 Å². The van der Waals surface area contributed by atoms with Crippen LogP contribution in [0.4, 0.5) is 0 Å². The first-order valence-corrected chi connectivity index (χ1v) is 9.96. The van der Waals surface area contributed by atoms with Gasteiger partial charge in [-0.2, -0.15) is 0 Å². The number of likely N-dealkylation sites (tertiary alicyclic amines) is 1. The molecule has 2 heterocycles. The Morgan fingerprint density at radius 3 is 2.57 bits per heavy atom. The molecule has 2 aromatic carbocycles. The summed E-state index contributed by atoms with van der Waals surface area (Å²) in [6.45, 7) is 5.93. The number of aromatic nitrogens is 2. The number of aliphatic hydroxyl groups is 1. The topological polar surface area (TPSA) is 50.4 Å². The molecule has 0 bridgehead atoms. The number of nitrogens with zero attached hydrogens (tertiary/aromatic N) is 3. The van der Waals surface area contributed by atoms with Crippen molar-refractivity contribution in [1.82, 2.24) is 14.0 Å². The van der Waals surface area contributed by atoms with Crippen molar-refractivity contribution < 1.29 is 5.11 Å². The third-order valence-corrected chi connectivity index (χ3v) is 6.35. The van der Waals surface area contributed by atoms with Crippen molar-refractivity contribution in [3.05, 3.63) is 69.6 Å². The summed E-state index contributed by atoms with van der Waals surface area (Å²) in [7, 11) is 3.63. The Kier molecular flexibility index (Phi) is 4.68. The molecule has 1 fully saturated rings. The predicted molar refractivity (Wildman–Crippen MR) is 112 cm³/mol. The summed E-state index contributed by atoms with van der Waals surface area (Å²) in [5.74, 6) is 0. The Bertz CT molecular complexity index is 1080. The standard InChI is InChI=1S/C23H29N3O2/c1-16-6-5-7-19(12-16)23(28)10-11-26(17(2)14-23)15-18-8-9-20-21(13-18)25(4)22(27)24(20)3/h5-9,12-13,17,28H,10-11,14-15H2,1-4H3/t17-,23+/m0/s1. The summed E-state index contributed by atoms with van der Waals surface area (Å²) in [6.07, 6.45) is 1.45. The molecule has 5 nitrogen and oxygen atoms in total. The van der Waals surface area contributed by atoms with Gasteiger partial charge in [-0.25, -0.2) is 4.79 Å². The molecular weight excluding hydrogens is 350 g/mol. The average Bonchev–Trinajstić information content (AvgIpc) is 2.88. The molecule has 0 amide bonds. The molecule has 4 rings (SSSR count). The third-order valence-electron chi connectivity index (χ3n) is 6.35. The fourth-order valence-electron chi connectivity index (χ4n) is 4.59. The zero-order valence-corrected chi connectivity index (χ0v) is 17.1. The smallest absolute Gasteiger partial charge is 0.328 e. The van der Waals surface area contributed by atoms with Gasteiger partial charge in [0.25, 0.3) is 0 Å². The molecule has 148 valence electrons. The van der Waals surface area contributed by atoms with Crippen LogP contribution < -0.4 is 5.69 Å². The Labute approximate surface area is 165 Å². The lowest BCUT2D eigenvalue weighted by Crippen LogP contribution is -2.47. The summed E-state index contributed by atoms with van der Waals surface area (Å²) in [5, 5.41) is 11.3. The summed E-state index contributed by atoms with van der Waals surface area (Å²) < 4.78 is 3.39. The van der Waals surface area contributed by atoms with Crippen LogP contribution in [0.1, 0.15) is 36.5 Å². The van der Waals surface area contributed by atoms with Crippen LogP contribution in [0.5, 0.6) is 0 Å². The zero-order valence-electron chi connectivity index (χ0n) is 17.1. The first kappa shape index (κ1) is 19.0. The molecule has 0 aliphatic carbocycles. The summed E-state index contributed by atoms with van der Waals surface area (Å²) in [4.78, 5) is 14.6. The Balaban J connectivity index is 1.54. The van der Waals surface area contributed by atoms with E-state index in [9.17, 15) is 9.90 Å². The summed E-state index contributed by atoms with van der Waals surface area (Å²) >= 11 is 0. The molecule has 0 saturated carbocycles. The maximum atomic E-state index is 12.2. The van der Waals surface area contributed by atoms with Crippen LogP contribution in [-0.2, 0) is 26.2 Å². The van der Waals surface area contributed by atoms with Crippen LogP contribution in [0.2, 0.25) is 0 Å². The molecule has 1 aliphatic heterocycles. The molecule has 1 N–H and O–H groups in total. The minimum absolute atomic E-state index is 0.00158. The second-order valence-electron chi connectivity index (χ2n) is 8.40. The van der Waals surface area contributed by atoms with Gasteiger partial charge in [0.2, 0.25) is 0 Å². The lowest BCUT2D eigenvalue weighted by molar-refractivity contribution is -0.0502. The summed E-state index contributed by atoms with van der Waals surface area (Å²) in [6, 6.07) is 14.8. The fraction of sp³-hybridized carbons (Fsp3) is 0.435. The monoisotopic (exact) mass is 379 g/mol. The van der Waals surface area contributed by atoms with Gasteiger partial charge < -0.3 is 5.11 Å². The minimum atomic E-state index is -0.755. The molecule has 5 heteroatoms. The largest absolute Gasteiger partial charge is 0.385 e. The van der Waals surface area contributed by atoms with E-state index in [4.69, 9.17) is 0 Å². The van der Waals surface area contributed by atoms with Crippen molar-refractivity contribution in [2.45, 2.75) is 44.9 Å². The van der Waals surface area contributed by atoms with Crippen molar-refractivity contribution in [3.63, 3.8) is 0 Å². The van der Waals surface area contributed by atoms with Crippen LogP contribution in [-0.4, -0.2) is 31.7 Å². The molecule has 1 aliphatic rings. The molecular formula is C23H29N3O2. The Hall–Kier alpha value is -2.37. The molecule has 2 atom stereocenters. The van der Waals surface area contributed by atoms with E-state index in [0.29, 0.717) is 0 Å². The molecule has 1 saturated heterocycles. The first-order valence-electron chi connectivity index (χ1n) is 9.96. The van der Waals surface area contributed by atoms with Gasteiger partial charge in [-0.15, -0.1) is 0 Å². The second-order valence-corrected chi connectivity index (χ2v) is 8.40. The van der Waals surface area contributed by atoms with Crippen molar-refractivity contribution in [2.24, 2.45) is 14.1 Å². The van der Waals surface area contributed by atoms with Crippen LogP contribution in [0.3, 0.4) is 0 Å². The number of benzene rings is 2. The van der Waals surface area contributed by atoms with Crippen LogP contribution in [0.15, 0.2) is 47.3 Å². The Morgan fingerprint density at radius 2 is 1.86 bits per heavy atom. The van der Waals surface area contributed by atoms with Crippen molar-refractivity contribution in [3.8, 4) is 0 Å². The number of piperidine rings is 1. The Morgan fingerprint density at radius 1 is 1.11 bits per heavy atom. The van der Waals surface area contributed by atoms with Crippen LogP contribution in [0, 0.1) is 6.92 Å². The SMILES string of the molecule is Cc1cccc([C@@]2(O)CCN(Cc3ccc4c(c3)n(C)c(=O)n4C)[C@@H](C)C2)c1. The quantitative estimate of drug-likeness (QED) is 0.761. The predicted octanol–water partition coefficient (Wildman–Crippen LogP) is 3.06. The van der Waals surface area contributed by atoms with E-state index < -0.39 is 5.60 Å². The lowest BCUT2D eigenvalue weighted by atomic mass is 9.80. The first-order chi connectivity index (χ1) is 13.3. The molecule has 0 radical (unpaired) electrons. The second kappa shape index (κ2) is 6.90. The van der Waals surface area contributed by atoms with Gasteiger partial charge >= 0.3 is 5.69 Å². The molecule has 0 spiro atoms. The molecule has 0 unspecified atom stereocenters. The number of aryl methyl sites for hydroxylation is 3. The molecule has 28 heavy (non-hydrogen) atoms. The van der Waals surface area contributed by atoms with E-state index >= 15 is 0 Å². The van der Waals surface area contributed by atoms with E-state index in [2.05, 4.69) is 43.0 Å². The number of fused-ring (bicyclic) bond motifs is 1. The van der Waals surface area contributed by atoms with Crippen LogP contribution >= 0.6 is 0 Å². The van der Waals surface area contributed by atoms with E-state index in [1.165, 1.54) is 11.1 Å². The fourth-order valence-corrected chi connectivity index (χ4v) is 4.59. The van der Waals surface area contributed by atoms with E-state index in [1.54, 1.807) is 9.13 Å². The number of hydrogen-bond donors (Lipinski definition) is 1. The minimum Gasteiger partial charge on any atom is -0.385 e. The van der Waals surface area contributed by atoms with Gasteiger partial charge in [0.05, 0.1) is 16.6 Å². The van der Waals surface area contributed by atoms with Crippen LogP contribution in [0.25, 0.3) is 11.0 Å². The van der Waals surface area contributed by atoms with Crippen molar-refractivity contribution >= 4 is 11.0 Å². The normalized spacial score (nSPS) is 23.4. The number of imidazole rings is 1. The lowest BCUT2D eigenvalue weighted by Gasteiger charge is -2.43. The number of hydrogen-bond acceptors (Lipinski definition) is 3. The number of rotatable bonds is 3.